The molecule has 0 aliphatic carbocycles. The molecule has 0 bridgehead atoms. The predicted octanol–water partition coefficient (Wildman–Crippen LogP) is -0.260. The van der Waals surface area contributed by atoms with Crippen molar-refractivity contribution in [1.29, 1.82) is 0 Å². The summed E-state index contributed by atoms with van der Waals surface area (Å²) in [6, 6.07) is -1.48. The molecule has 8 nitrogen and oxygen atoms in total. The molecule has 0 radical (unpaired) electrons. The zero-order valence-corrected chi connectivity index (χ0v) is 12.5. The molecular formula is C13H23N3O5. The summed E-state index contributed by atoms with van der Waals surface area (Å²) in [6.07, 6.45) is -0.0277. The van der Waals surface area contributed by atoms with Crippen LogP contribution in [0.5, 0.6) is 0 Å². The largest absolute Gasteiger partial charge is 0.480 e. The molecule has 8 heteroatoms. The lowest BCUT2D eigenvalue weighted by Crippen LogP contribution is -2.54. The number of likely N-dealkylation sites (N-methyl/N-ethyl adjacent to an activating group) is 1. The van der Waals surface area contributed by atoms with Gasteiger partial charge in [0.1, 0.15) is 6.04 Å². The summed E-state index contributed by atoms with van der Waals surface area (Å²) in [4.78, 5) is 38.0. The fourth-order valence-corrected chi connectivity index (χ4v) is 2.13. The number of urea groups is 1. The van der Waals surface area contributed by atoms with Gasteiger partial charge in [0.15, 0.2) is 0 Å². The third-order valence-corrected chi connectivity index (χ3v) is 3.57. The third-order valence-electron chi connectivity index (χ3n) is 3.57. The van der Waals surface area contributed by atoms with Gasteiger partial charge in [0.25, 0.3) is 0 Å². The quantitative estimate of drug-likeness (QED) is 0.656. The molecule has 1 aliphatic heterocycles. The lowest BCUT2D eigenvalue weighted by atomic mass is 10.1. The summed E-state index contributed by atoms with van der Waals surface area (Å²) >= 11 is 0. The number of ether oxygens (including phenoxy) is 1. The number of carboxylic acids is 1. The summed E-state index contributed by atoms with van der Waals surface area (Å²) in [5, 5.41) is 11.6. The Morgan fingerprint density at radius 2 is 1.86 bits per heavy atom. The van der Waals surface area contributed by atoms with Gasteiger partial charge in [-0.05, 0) is 13.0 Å². The molecule has 2 N–H and O–H groups in total. The molecule has 0 saturated carbocycles. The Labute approximate surface area is 124 Å². The van der Waals surface area contributed by atoms with E-state index >= 15 is 0 Å². The second-order valence-corrected chi connectivity index (χ2v) is 4.88. The number of nitrogens with zero attached hydrogens (tertiary/aromatic N) is 2. The highest BCUT2D eigenvalue weighted by Crippen LogP contribution is 2.04. The van der Waals surface area contributed by atoms with Crippen LogP contribution in [0.3, 0.4) is 0 Å². The molecular weight excluding hydrogens is 278 g/mol. The molecule has 2 amide bonds. The molecule has 0 aromatic rings. The van der Waals surface area contributed by atoms with Gasteiger partial charge in [-0.3, -0.25) is 4.79 Å². The first kappa shape index (κ1) is 17.2. The van der Waals surface area contributed by atoms with Crippen molar-refractivity contribution in [2.75, 3.05) is 39.8 Å². The number of nitrogens with one attached hydrogen (secondary N) is 1. The normalized spacial score (nSPS) is 17.1. The van der Waals surface area contributed by atoms with Crippen molar-refractivity contribution in [2.45, 2.75) is 25.8 Å². The van der Waals surface area contributed by atoms with Crippen molar-refractivity contribution in [3.63, 3.8) is 0 Å². The fraction of sp³-hybridized carbons (Fsp3) is 0.769. The van der Waals surface area contributed by atoms with E-state index in [0.717, 1.165) is 19.6 Å². The van der Waals surface area contributed by atoms with E-state index in [0.29, 0.717) is 13.1 Å². The predicted molar refractivity (Wildman–Crippen MR) is 74.9 cm³/mol. The van der Waals surface area contributed by atoms with Crippen LogP contribution in [0, 0.1) is 0 Å². The van der Waals surface area contributed by atoms with Crippen LogP contribution in [0.1, 0.15) is 19.8 Å². The minimum Gasteiger partial charge on any atom is -0.480 e. The number of carbonyl (C=O) groups excluding carboxylic acids is 2. The average Bonchev–Trinajstić information content (AvgIpc) is 2.50. The number of hydrogen-bond acceptors (Lipinski definition) is 5. The first-order valence-corrected chi connectivity index (χ1v) is 7.05. The third kappa shape index (κ3) is 5.58. The minimum absolute atomic E-state index is 0.0165. The Hall–Kier alpha value is -1.83. The number of esters is 1. The molecule has 0 aromatic carbocycles. The smallest absolute Gasteiger partial charge is 0.326 e. The zero-order valence-electron chi connectivity index (χ0n) is 12.5. The highest BCUT2D eigenvalue weighted by Gasteiger charge is 2.26. The van der Waals surface area contributed by atoms with Crippen molar-refractivity contribution in [2.24, 2.45) is 0 Å². The Morgan fingerprint density at radius 1 is 1.24 bits per heavy atom. The first-order chi connectivity index (χ1) is 9.97. The zero-order chi connectivity index (χ0) is 15.8. The van der Waals surface area contributed by atoms with Crippen molar-refractivity contribution >= 4 is 18.0 Å². The van der Waals surface area contributed by atoms with E-state index in [4.69, 9.17) is 5.11 Å². The second kappa shape index (κ2) is 8.46. The number of carboxylic acid groups (broad SMARTS) is 1. The van der Waals surface area contributed by atoms with E-state index in [9.17, 15) is 14.4 Å². The summed E-state index contributed by atoms with van der Waals surface area (Å²) in [6.45, 7) is 5.70. The topological polar surface area (TPSA) is 99.2 Å². The van der Waals surface area contributed by atoms with Crippen LogP contribution in [0.15, 0.2) is 0 Å². The number of carbonyl (C=O) groups is 3. The maximum atomic E-state index is 12.0. The van der Waals surface area contributed by atoms with Crippen molar-refractivity contribution in [3.05, 3.63) is 0 Å². The number of rotatable bonds is 6. The fourth-order valence-electron chi connectivity index (χ4n) is 2.13. The van der Waals surface area contributed by atoms with Crippen molar-refractivity contribution in [1.82, 2.24) is 15.1 Å². The van der Waals surface area contributed by atoms with Gasteiger partial charge in [-0.15, -0.1) is 0 Å². The number of aliphatic carboxylic acids is 1. The van der Waals surface area contributed by atoms with Gasteiger partial charge >= 0.3 is 18.0 Å². The summed E-state index contributed by atoms with van der Waals surface area (Å²) in [5.41, 5.74) is 0. The monoisotopic (exact) mass is 301 g/mol. The number of methoxy groups -OCH3 is 1. The standard InChI is InChI=1S/C13H23N3O5/c1-3-15-6-8-16(9-7-15)13(20)14-10(12(18)19)4-5-11(17)21-2/h10H,3-9H2,1-2H3,(H,14,20)(H,18,19)/t10-/m0/s1. The van der Waals surface area contributed by atoms with E-state index < -0.39 is 24.0 Å². The Morgan fingerprint density at radius 3 is 2.33 bits per heavy atom. The molecule has 1 atom stereocenters. The summed E-state index contributed by atoms with van der Waals surface area (Å²) < 4.78 is 4.47. The van der Waals surface area contributed by atoms with Gasteiger partial charge in [-0.2, -0.15) is 0 Å². The Bertz CT molecular complexity index is 380. The van der Waals surface area contributed by atoms with Gasteiger partial charge < -0.3 is 25.0 Å². The molecule has 0 aromatic heterocycles. The highest BCUT2D eigenvalue weighted by atomic mass is 16.5. The van der Waals surface area contributed by atoms with Crippen LogP contribution in [0.2, 0.25) is 0 Å². The molecule has 21 heavy (non-hydrogen) atoms. The van der Waals surface area contributed by atoms with Crippen molar-refractivity contribution in [3.8, 4) is 0 Å². The van der Waals surface area contributed by atoms with Gasteiger partial charge in [0, 0.05) is 32.6 Å². The van der Waals surface area contributed by atoms with Crippen LogP contribution in [0.4, 0.5) is 4.79 Å². The molecule has 0 spiro atoms. The van der Waals surface area contributed by atoms with E-state index in [2.05, 4.69) is 21.9 Å². The Kier molecular flexibility index (Phi) is 6.93. The molecule has 1 fully saturated rings. The van der Waals surface area contributed by atoms with E-state index in [1.165, 1.54) is 7.11 Å². The van der Waals surface area contributed by atoms with Gasteiger partial charge in [-0.1, -0.05) is 6.92 Å². The molecule has 1 saturated heterocycles. The SMILES string of the molecule is CCN1CCN(C(=O)N[C@@H](CCC(=O)OC)C(=O)O)CC1. The Balaban J connectivity index is 2.45. The molecule has 120 valence electrons. The molecule has 1 rings (SSSR count). The maximum absolute atomic E-state index is 12.0. The second-order valence-electron chi connectivity index (χ2n) is 4.88. The van der Waals surface area contributed by atoms with E-state index in [1.807, 2.05) is 0 Å². The van der Waals surface area contributed by atoms with Crippen LogP contribution in [0.25, 0.3) is 0 Å². The van der Waals surface area contributed by atoms with Crippen LogP contribution < -0.4 is 5.32 Å². The van der Waals surface area contributed by atoms with Gasteiger partial charge in [-0.25, -0.2) is 9.59 Å². The van der Waals surface area contributed by atoms with Crippen LogP contribution in [-0.4, -0.2) is 78.8 Å². The molecule has 0 unspecified atom stereocenters. The van der Waals surface area contributed by atoms with Crippen LogP contribution in [-0.2, 0) is 14.3 Å². The lowest BCUT2D eigenvalue weighted by molar-refractivity contribution is -0.142. The molecule has 1 aliphatic rings. The van der Waals surface area contributed by atoms with E-state index in [-0.39, 0.29) is 12.8 Å². The molecule has 1 heterocycles. The number of piperazine rings is 1. The van der Waals surface area contributed by atoms with Gasteiger partial charge in [0.2, 0.25) is 0 Å². The number of hydrogen-bond donors (Lipinski definition) is 2. The van der Waals surface area contributed by atoms with Gasteiger partial charge in [0.05, 0.1) is 7.11 Å². The van der Waals surface area contributed by atoms with Crippen molar-refractivity contribution < 1.29 is 24.2 Å². The minimum atomic E-state index is -1.15. The number of amides is 2. The highest BCUT2D eigenvalue weighted by molar-refractivity contribution is 5.83. The summed E-state index contributed by atoms with van der Waals surface area (Å²) in [5.74, 6) is -1.65. The lowest BCUT2D eigenvalue weighted by Gasteiger charge is -2.34. The summed E-state index contributed by atoms with van der Waals surface area (Å²) in [7, 11) is 1.24. The maximum Gasteiger partial charge on any atom is 0.326 e. The van der Waals surface area contributed by atoms with E-state index in [1.54, 1.807) is 4.90 Å². The van der Waals surface area contributed by atoms with Crippen LogP contribution >= 0.6 is 0 Å². The average molecular weight is 301 g/mol. The first-order valence-electron chi connectivity index (χ1n) is 7.05.